The normalized spacial score (nSPS) is 13.5. The highest BCUT2D eigenvalue weighted by Crippen LogP contribution is 2.46. The number of hydrogen-bond acceptors (Lipinski definition) is 8. The number of hydrogen-bond donors (Lipinski definition) is 4. The van der Waals surface area contributed by atoms with E-state index in [1.54, 1.807) is 6.92 Å². The van der Waals surface area contributed by atoms with Gasteiger partial charge in [0.2, 0.25) is 5.82 Å². The Bertz CT molecular complexity index is 1440. The lowest BCUT2D eigenvalue weighted by Gasteiger charge is -2.20. The van der Waals surface area contributed by atoms with Crippen molar-refractivity contribution in [3.63, 3.8) is 0 Å². The van der Waals surface area contributed by atoms with Crippen molar-refractivity contribution in [3.05, 3.63) is 82.2 Å². The molecule has 4 aromatic rings. The molecule has 1 atom stereocenters. The summed E-state index contributed by atoms with van der Waals surface area (Å²) in [5.74, 6) is -0.310. The van der Waals surface area contributed by atoms with Crippen LogP contribution in [0.1, 0.15) is 18.2 Å². The number of fused-ring (bicyclic) bond motifs is 1. The van der Waals surface area contributed by atoms with Crippen molar-refractivity contribution in [2.45, 2.75) is 13.1 Å². The molecule has 1 aromatic heterocycles. The van der Waals surface area contributed by atoms with Crippen LogP contribution in [0.15, 0.2) is 74.8 Å². The first-order valence-electron chi connectivity index (χ1n) is 11.4. The first-order valence-corrected chi connectivity index (χ1v) is 14.0. The lowest BCUT2D eigenvalue weighted by molar-refractivity contribution is 0.234. The monoisotopic (exact) mass is 590 g/mol. The summed E-state index contributed by atoms with van der Waals surface area (Å²) in [6, 6.07) is 17.9. The zero-order valence-electron chi connectivity index (χ0n) is 19.8. The molecule has 1 heterocycles. The Labute approximate surface area is 220 Å². The van der Waals surface area contributed by atoms with Gasteiger partial charge < -0.3 is 9.84 Å². The van der Waals surface area contributed by atoms with Crippen molar-refractivity contribution in [1.82, 2.24) is 20.9 Å². The number of anilines is 1. The van der Waals surface area contributed by atoms with Gasteiger partial charge in [-0.2, -0.15) is 0 Å². The van der Waals surface area contributed by atoms with E-state index in [0.29, 0.717) is 12.3 Å². The molecule has 13 heteroatoms. The first-order chi connectivity index (χ1) is 17.9. The molecule has 0 fully saturated rings. The highest BCUT2D eigenvalue weighted by molar-refractivity contribution is 9.10. The summed E-state index contributed by atoms with van der Waals surface area (Å²) in [5.41, 5.74) is 3.35. The Morgan fingerprint density at radius 2 is 1.97 bits per heavy atom. The number of halogens is 2. The van der Waals surface area contributed by atoms with E-state index in [4.69, 9.17) is 9.15 Å². The molecule has 0 aliphatic rings. The number of hydroxylamine groups is 1. The third-order valence-corrected chi connectivity index (χ3v) is 8.07. The fourth-order valence-corrected chi connectivity index (χ4v) is 5.95. The van der Waals surface area contributed by atoms with Gasteiger partial charge in [-0.05, 0) is 67.7 Å². The lowest BCUT2D eigenvalue weighted by atomic mass is 10.1. The average molecular weight is 591 g/mol. The molecule has 0 aliphatic heterocycles. The van der Waals surface area contributed by atoms with Gasteiger partial charge in [-0.1, -0.05) is 42.5 Å². The molecule has 4 N–H and O–H groups in total. The maximum Gasteiger partial charge on any atom is 0.274 e. The predicted molar refractivity (Wildman–Crippen MR) is 143 cm³/mol. The molecule has 10 nitrogen and oxygen atoms in total. The molecule has 37 heavy (non-hydrogen) atoms. The third-order valence-electron chi connectivity index (χ3n) is 5.33. The van der Waals surface area contributed by atoms with Gasteiger partial charge >= 0.3 is 0 Å². The van der Waals surface area contributed by atoms with Crippen molar-refractivity contribution in [1.29, 1.82) is 0 Å². The van der Waals surface area contributed by atoms with E-state index in [0.717, 1.165) is 16.3 Å². The summed E-state index contributed by atoms with van der Waals surface area (Å²) < 4.78 is 37.8. The number of aliphatic imine (C=N–C) groups is 1. The Kier molecular flexibility index (Phi) is 9.01. The molecule has 0 saturated heterocycles. The zero-order valence-corrected chi connectivity index (χ0v) is 22.3. The van der Waals surface area contributed by atoms with Gasteiger partial charge in [0.15, 0.2) is 11.5 Å². The average Bonchev–Trinajstić information content (AvgIpc) is 3.36. The van der Waals surface area contributed by atoms with Gasteiger partial charge in [-0.15, -0.1) is 0 Å². The van der Waals surface area contributed by atoms with E-state index in [9.17, 15) is 14.2 Å². The molecular formula is C24H25BrFN6O4P. The third kappa shape index (κ3) is 6.79. The fourth-order valence-electron chi connectivity index (χ4n) is 3.69. The number of amidine groups is 1. The number of rotatable bonds is 11. The second-order valence-electron chi connectivity index (χ2n) is 7.85. The molecule has 0 aliphatic carbocycles. The van der Waals surface area contributed by atoms with Crippen molar-refractivity contribution in [2.24, 2.45) is 4.99 Å². The maximum atomic E-state index is 13.6. The van der Waals surface area contributed by atoms with Crippen LogP contribution in [0.5, 0.6) is 0 Å². The molecule has 0 radical (unpaired) electrons. The minimum Gasteiger partial charge on any atom is -0.364 e. The Morgan fingerprint density at radius 3 is 2.76 bits per heavy atom. The van der Waals surface area contributed by atoms with Gasteiger partial charge in [0, 0.05) is 13.1 Å². The molecular weight excluding hydrogens is 566 g/mol. The molecule has 0 amide bonds. The molecule has 0 saturated carbocycles. The van der Waals surface area contributed by atoms with Gasteiger partial charge in [0.05, 0.1) is 22.9 Å². The molecule has 3 aromatic carbocycles. The van der Waals surface area contributed by atoms with E-state index in [-0.39, 0.29) is 41.1 Å². The Hall–Kier alpha value is -3.15. The largest absolute Gasteiger partial charge is 0.364 e. The number of nitrogens with zero attached hydrogens (tertiary/aromatic N) is 3. The van der Waals surface area contributed by atoms with Crippen LogP contribution >= 0.6 is 23.4 Å². The molecule has 4 rings (SSSR count). The van der Waals surface area contributed by atoms with E-state index in [1.165, 1.54) is 18.2 Å². The van der Waals surface area contributed by atoms with Crippen LogP contribution in [0.4, 0.5) is 15.9 Å². The van der Waals surface area contributed by atoms with Crippen LogP contribution in [0, 0.1) is 5.82 Å². The number of benzene rings is 3. The topological polar surface area (TPSA) is 134 Å². The van der Waals surface area contributed by atoms with Crippen LogP contribution in [0.2, 0.25) is 0 Å². The smallest absolute Gasteiger partial charge is 0.274 e. The minimum atomic E-state index is -3.20. The van der Waals surface area contributed by atoms with Crippen molar-refractivity contribution < 1.29 is 23.3 Å². The highest BCUT2D eigenvalue weighted by atomic mass is 79.9. The van der Waals surface area contributed by atoms with Gasteiger partial charge in [-0.25, -0.2) is 19.1 Å². The summed E-state index contributed by atoms with van der Waals surface area (Å²) in [6.45, 7) is 2.65. The molecule has 0 bridgehead atoms. The minimum absolute atomic E-state index is 0.0637. The summed E-state index contributed by atoms with van der Waals surface area (Å²) in [7, 11) is -3.20. The van der Waals surface area contributed by atoms with Crippen molar-refractivity contribution >= 4 is 51.6 Å². The lowest BCUT2D eigenvalue weighted by Crippen LogP contribution is -2.25. The SMILES string of the molecule is CCOP(=O)(Cc1cccc2ccccc12)NCCNc1nonc1C(=Nc1ccc(F)c(Br)c1)NO. The van der Waals surface area contributed by atoms with Crippen molar-refractivity contribution in [2.75, 3.05) is 25.0 Å². The van der Waals surface area contributed by atoms with E-state index >= 15 is 0 Å². The van der Waals surface area contributed by atoms with Crippen LogP contribution in [0.25, 0.3) is 10.8 Å². The van der Waals surface area contributed by atoms with Gasteiger partial charge in [-0.3, -0.25) is 15.3 Å². The van der Waals surface area contributed by atoms with Gasteiger partial charge in [0.25, 0.3) is 7.52 Å². The molecule has 194 valence electrons. The van der Waals surface area contributed by atoms with Gasteiger partial charge in [0.1, 0.15) is 5.82 Å². The first kappa shape index (κ1) is 26.9. The Morgan fingerprint density at radius 1 is 1.16 bits per heavy atom. The van der Waals surface area contributed by atoms with Crippen LogP contribution in [-0.4, -0.2) is 41.1 Å². The van der Waals surface area contributed by atoms with Crippen LogP contribution in [-0.2, 0) is 15.3 Å². The number of aromatic nitrogens is 2. The summed E-state index contributed by atoms with van der Waals surface area (Å²) >= 11 is 3.10. The van der Waals surface area contributed by atoms with Crippen LogP contribution < -0.4 is 15.9 Å². The zero-order chi connectivity index (χ0) is 26.3. The Balaban J connectivity index is 1.42. The second-order valence-corrected chi connectivity index (χ2v) is 10.9. The van der Waals surface area contributed by atoms with E-state index in [2.05, 4.69) is 41.6 Å². The van der Waals surface area contributed by atoms with E-state index in [1.807, 2.05) is 47.9 Å². The summed E-state index contributed by atoms with van der Waals surface area (Å²) in [5, 5.41) is 25.3. The molecule has 0 spiro atoms. The fraction of sp³-hybridized carbons (Fsp3) is 0.208. The quantitative estimate of drug-likeness (QED) is 0.0577. The summed E-state index contributed by atoms with van der Waals surface area (Å²) in [4.78, 5) is 4.22. The maximum absolute atomic E-state index is 13.6. The standard InChI is InChI=1S/C24H25BrFN6O4P/c1-2-35-37(34,15-17-8-5-7-16-6-3-4-9-19(16)17)28-13-12-27-23-22(31-36-32-23)24(30-33)29-18-10-11-21(26)20(25)14-18/h3-11,14,33H,2,12-13,15H2,1H3,(H,27,32)(H,28,34)(H,29,30). The number of nitrogens with one attached hydrogen (secondary N) is 3. The van der Waals surface area contributed by atoms with Crippen molar-refractivity contribution in [3.8, 4) is 0 Å². The van der Waals surface area contributed by atoms with E-state index < -0.39 is 13.3 Å². The predicted octanol–water partition coefficient (Wildman–Crippen LogP) is 5.61. The molecule has 1 unspecified atom stereocenters. The van der Waals surface area contributed by atoms with Crippen LogP contribution in [0.3, 0.4) is 0 Å². The highest BCUT2D eigenvalue weighted by Gasteiger charge is 2.24. The summed E-state index contributed by atoms with van der Waals surface area (Å²) in [6.07, 6.45) is 0.234. The second kappa shape index (κ2) is 12.4.